The summed E-state index contributed by atoms with van der Waals surface area (Å²) in [5.41, 5.74) is 0. The topological polar surface area (TPSA) is 6.48 Å². The fraction of sp³-hybridized carbons (Fsp3) is 1.00. The Hall–Kier alpha value is -0.0800. The minimum absolute atomic E-state index is 0.834. The van der Waals surface area contributed by atoms with Gasteiger partial charge in [0.05, 0.1) is 0 Å². The fourth-order valence-corrected chi connectivity index (χ4v) is 3.78. The molecule has 25 heavy (non-hydrogen) atoms. The quantitative estimate of drug-likeness (QED) is 0.343. The van der Waals surface area contributed by atoms with Crippen molar-refractivity contribution >= 4 is 0 Å². The molecule has 0 aromatic rings. The summed E-state index contributed by atoms with van der Waals surface area (Å²) in [6, 6.07) is 0. The monoisotopic (exact) mass is 352 g/mol. The zero-order valence-corrected chi connectivity index (χ0v) is 18.1. The fourth-order valence-electron chi connectivity index (χ4n) is 3.78. The standard InChI is InChI=1S/C23H48N2/c1-22(2)14-20-25(21-15-23(3)4)19-11-7-5-6-10-16-24-17-12-8-9-13-18-24/h22-23H,5-21H2,1-4H3. The van der Waals surface area contributed by atoms with Gasteiger partial charge in [-0.1, -0.05) is 59.8 Å². The first-order valence-electron chi connectivity index (χ1n) is 11.5. The summed E-state index contributed by atoms with van der Waals surface area (Å²) in [6.45, 7) is 17.4. The Morgan fingerprint density at radius 1 is 0.640 bits per heavy atom. The van der Waals surface area contributed by atoms with Gasteiger partial charge in [0.1, 0.15) is 0 Å². The number of hydrogen-bond donors (Lipinski definition) is 0. The van der Waals surface area contributed by atoms with Gasteiger partial charge in [0.2, 0.25) is 0 Å². The lowest BCUT2D eigenvalue weighted by atomic mass is 10.1. The Morgan fingerprint density at radius 2 is 1.16 bits per heavy atom. The molecule has 0 atom stereocenters. The molecule has 1 aliphatic heterocycles. The number of nitrogens with zero attached hydrogens (tertiary/aromatic N) is 2. The van der Waals surface area contributed by atoms with Crippen molar-refractivity contribution in [1.82, 2.24) is 9.80 Å². The lowest BCUT2D eigenvalue weighted by molar-refractivity contribution is 0.237. The smallest absolute Gasteiger partial charge is 0.00163 e. The van der Waals surface area contributed by atoms with Crippen LogP contribution in [0.5, 0.6) is 0 Å². The molecule has 0 spiro atoms. The Labute approximate surface area is 159 Å². The summed E-state index contributed by atoms with van der Waals surface area (Å²) in [6.07, 6.45) is 15.6. The van der Waals surface area contributed by atoms with Gasteiger partial charge in [-0.15, -0.1) is 0 Å². The molecule has 0 bridgehead atoms. The average molecular weight is 353 g/mol. The molecule has 1 fully saturated rings. The average Bonchev–Trinajstić information content (AvgIpc) is 2.84. The zero-order chi connectivity index (χ0) is 18.3. The molecule has 0 amide bonds. The van der Waals surface area contributed by atoms with E-state index in [0.29, 0.717) is 0 Å². The van der Waals surface area contributed by atoms with Gasteiger partial charge >= 0.3 is 0 Å². The molecule has 0 aromatic carbocycles. The molecule has 0 aromatic heterocycles. The Balaban J connectivity index is 2.03. The van der Waals surface area contributed by atoms with Crippen molar-refractivity contribution in [1.29, 1.82) is 0 Å². The molecule has 2 nitrogen and oxygen atoms in total. The summed E-state index contributed by atoms with van der Waals surface area (Å²) < 4.78 is 0. The Morgan fingerprint density at radius 3 is 1.72 bits per heavy atom. The van der Waals surface area contributed by atoms with Crippen molar-refractivity contribution in [3.05, 3.63) is 0 Å². The van der Waals surface area contributed by atoms with E-state index in [1.165, 1.54) is 110 Å². The van der Waals surface area contributed by atoms with Crippen LogP contribution in [0.4, 0.5) is 0 Å². The summed E-state index contributed by atoms with van der Waals surface area (Å²) in [7, 11) is 0. The number of likely N-dealkylation sites (tertiary alicyclic amines) is 1. The first-order valence-corrected chi connectivity index (χ1v) is 11.5. The van der Waals surface area contributed by atoms with Crippen molar-refractivity contribution in [3.63, 3.8) is 0 Å². The minimum atomic E-state index is 0.834. The van der Waals surface area contributed by atoms with Crippen molar-refractivity contribution in [2.45, 2.75) is 98.3 Å². The molecule has 1 rings (SSSR count). The van der Waals surface area contributed by atoms with Crippen LogP contribution in [0.1, 0.15) is 98.3 Å². The molecule has 1 aliphatic rings. The zero-order valence-electron chi connectivity index (χ0n) is 18.1. The second-order valence-electron chi connectivity index (χ2n) is 9.23. The number of rotatable bonds is 14. The Kier molecular flexibility index (Phi) is 13.8. The predicted octanol–water partition coefficient (Wildman–Crippen LogP) is 6.21. The molecule has 0 radical (unpaired) electrons. The van der Waals surface area contributed by atoms with Crippen molar-refractivity contribution in [2.24, 2.45) is 11.8 Å². The number of hydrogen-bond acceptors (Lipinski definition) is 2. The van der Waals surface area contributed by atoms with Gasteiger partial charge in [-0.3, -0.25) is 0 Å². The van der Waals surface area contributed by atoms with E-state index in [0.717, 1.165) is 11.8 Å². The SMILES string of the molecule is CC(C)CCN(CCCCCCCN1CCCCCC1)CCC(C)C. The third kappa shape index (κ3) is 13.7. The molecule has 0 unspecified atom stereocenters. The maximum Gasteiger partial charge on any atom is -0.00163 e. The van der Waals surface area contributed by atoms with Crippen molar-refractivity contribution < 1.29 is 0 Å². The highest BCUT2D eigenvalue weighted by Gasteiger charge is 2.09. The van der Waals surface area contributed by atoms with Gasteiger partial charge in [-0.25, -0.2) is 0 Å². The minimum Gasteiger partial charge on any atom is -0.303 e. The summed E-state index contributed by atoms with van der Waals surface area (Å²) in [4.78, 5) is 5.45. The van der Waals surface area contributed by atoms with Crippen LogP contribution in [-0.2, 0) is 0 Å². The largest absolute Gasteiger partial charge is 0.303 e. The predicted molar refractivity (Wildman–Crippen MR) is 113 cm³/mol. The van der Waals surface area contributed by atoms with E-state index >= 15 is 0 Å². The van der Waals surface area contributed by atoms with E-state index in [2.05, 4.69) is 37.5 Å². The van der Waals surface area contributed by atoms with Gasteiger partial charge in [0.15, 0.2) is 0 Å². The summed E-state index contributed by atoms with van der Waals surface area (Å²) >= 11 is 0. The molecule has 1 heterocycles. The van der Waals surface area contributed by atoms with Crippen molar-refractivity contribution in [2.75, 3.05) is 39.3 Å². The molecule has 0 aliphatic carbocycles. The van der Waals surface area contributed by atoms with Crippen molar-refractivity contribution in [3.8, 4) is 0 Å². The van der Waals surface area contributed by atoms with Crippen LogP contribution in [-0.4, -0.2) is 49.1 Å². The van der Waals surface area contributed by atoms with E-state index in [4.69, 9.17) is 0 Å². The maximum absolute atomic E-state index is 2.73. The third-order valence-electron chi connectivity index (χ3n) is 5.69. The van der Waals surface area contributed by atoms with Gasteiger partial charge in [-0.2, -0.15) is 0 Å². The molecule has 1 saturated heterocycles. The molecular formula is C23H48N2. The van der Waals surface area contributed by atoms with E-state index in [1.807, 2.05) is 0 Å². The molecule has 0 N–H and O–H groups in total. The van der Waals surface area contributed by atoms with Gasteiger partial charge in [-0.05, 0) is 89.6 Å². The molecular weight excluding hydrogens is 304 g/mol. The lowest BCUT2D eigenvalue weighted by Crippen LogP contribution is -2.29. The molecule has 150 valence electrons. The van der Waals surface area contributed by atoms with Crippen LogP contribution in [0.3, 0.4) is 0 Å². The van der Waals surface area contributed by atoms with Crippen LogP contribution in [0.25, 0.3) is 0 Å². The first-order chi connectivity index (χ1) is 12.1. The Bertz CT molecular complexity index is 268. The number of unbranched alkanes of at least 4 members (excludes halogenated alkanes) is 4. The van der Waals surface area contributed by atoms with Crippen LogP contribution in [0, 0.1) is 11.8 Å². The molecule has 2 heteroatoms. The highest BCUT2D eigenvalue weighted by molar-refractivity contribution is 4.64. The highest BCUT2D eigenvalue weighted by Crippen LogP contribution is 2.12. The van der Waals surface area contributed by atoms with Crippen LogP contribution < -0.4 is 0 Å². The van der Waals surface area contributed by atoms with E-state index in [9.17, 15) is 0 Å². The first kappa shape index (κ1) is 23.0. The third-order valence-corrected chi connectivity index (χ3v) is 5.69. The normalized spacial score (nSPS) is 16.9. The second kappa shape index (κ2) is 15.0. The van der Waals surface area contributed by atoms with Gasteiger partial charge in [0.25, 0.3) is 0 Å². The van der Waals surface area contributed by atoms with Crippen LogP contribution in [0.2, 0.25) is 0 Å². The van der Waals surface area contributed by atoms with Crippen LogP contribution >= 0.6 is 0 Å². The van der Waals surface area contributed by atoms with Gasteiger partial charge in [0, 0.05) is 0 Å². The van der Waals surface area contributed by atoms with E-state index < -0.39 is 0 Å². The van der Waals surface area contributed by atoms with E-state index in [1.54, 1.807) is 0 Å². The van der Waals surface area contributed by atoms with E-state index in [-0.39, 0.29) is 0 Å². The lowest BCUT2D eigenvalue weighted by Gasteiger charge is -2.24. The second-order valence-corrected chi connectivity index (χ2v) is 9.23. The van der Waals surface area contributed by atoms with Crippen LogP contribution in [0.15, 0.2) is 0 Å². The maximum atomic E-state index is 2.73. The highest BCUT2D eigenvalue weighted by atomic mass is 15.1. The summed E-state index contributed by atoms with van der Waals surface area (Å²) in [5, 5.41) is 0. The van der Waals surface area contributed by atoms with Gasteiger partial charge < -0.3 is 9.80 Å². The summed E-state index contributed by atoms with van der Waals surface area (Å²) in [5.74, 6) is 1.67. The molecule has 0 saturated carbocycles.